The number of thioether (sulfide) groups is 1. The van der Waals surface area contributed by atoms with Gasteiger partial charge in [0, 0.05) is 11.3 Å². The van der Waals surface area contributed by atoms with Gasteiger partial charge < -0.3 is 8.83 Å². The molecule has 1 aliphatic heterocycles. The van der Waals surface area contributed by atoms with E-state index < -0.39 is 0 Å². The van der Waals surface area contributed by atoms with Crippen molar-refractivity contribution in [1.29, 1.82) is 0 Å². The van der Waals surface area contributed by atoms with E-state index in [-0.39, 0.29) is 17.7 Å². The number of carbonyl (C=O) groups excluding carboxylic acids is 1. The van der Waals surface area contributed by atoms with Crippen molar-refractivity contribution in [3.63, 3.8) is 0 Å². The molecule has 1 unspecified atom stereocenters. The number of aromatic nitrogens is 2. The first-order valence-corrected chi connectivity index (χ1v) is 11.9. The molecule has 10 heteroatoms. The van der Waals surface area contributed by atoms with Crippen molar-refractivity contribution in [2.75, 3.05) is 5.75 Å². The van der Waals surface area contributed by atoms with Gasteiger partial charge >= 0.3 is 0 Å². The maximum atomic E-state index is 13.0. The fraction of sp³-hybridized carbons (Fsp3) is 0.200. The van der Waals surface area contributed by atoms with Gasteiger partial charge in [0.2, 0.25) is 0 Å². The van der Waals surface area contributed by atoms with Crippen LogP contribution in [0.25, 0.3) is 11.5 Å². The Morgan fingerprint density at radius 2 is 2.10 bits per heavy atom. The van der Waals surface area contributed by atoms with E-state index in [4.69, 9.17) is 8.83 Å². The lowest BCUT2D eigenvalue weighted by Gasteiger charge is -2.20. The zero-order valence-electron chi connectivity index (χ0n) is 15.8. The van der Waals surface area contributed by atoms with Crippen LogP contribution in [0.1, 0.15) is 28.0 Å². The van der Waals surface area contributed by atoms with Gasteiger partial charge in [-0.25, -0.2) is 5.01 Å². The highest BCUT2D eigenvalue weighted by atomic mass is 32.2. The summed E-state index contributed by atoms with van der Waals surface area (Å²) in [5.74, 6) is 1.16. The van der Waals surface area contributed by atoms with Gasteiger partial charge in [-0.3, -0.25) is 4.79 Å². The maximum absolute atomic E-state index is 13.0. The van der Waals surface area contributed by atoms with E-state index in [0.29, 0.717) is 23.3 Å². The first-order chi connectivity index (χ1) is 14.7. The van der Waals surface area contributed by atoms with Crippen molar-refractivity contribution in [3.05, 3.63) is 62.9 Å². The predicted octanol–water partition coefficient (Wildman–Crippen LogP) is 5.23. The van der Waals surface area contributed by atoms with E-state index in [1.54, 1.807) is 40.0 Å². The zero-order valence-corrected chi connectivity index (χ0v) is 18.3. The first kappa shape index (κ1) is 19.3. The third-order valence-corrected chi connectivity index (χ3v) is 7.35. The van der Waals surface area contributed by atoms with Crippen molar-refractivity contribution >= 4 is 46.1 Å². The molecule has 0 radical (unpaired) electrons. The lowest BCUT2D eigenvalue weighted by atomic mass is 10.1. The van der Waals surface area contributed by atoms with Crippen LogP contribution in [0.3, 0.4) is 0 Å². The molecule has 5 heterocycles. The van der Waals surface area contributed by atoms with Gasteiger partial charge in [-0.05, 0) is 35.9 Å². The van der Waals surface area contributed by atoms with Gasteiger partial charge in [-0.15, -0.1) is 32.9 Å². The average molecular weight is 457 g/mol. The van der Waals surface area contributed by atoms with Gasteiger partial charge in [0.05, 0.1) is 34.2 Å². The second-order valence-electron chi connectivity index (χ2n) is 6.55. The molecule has 0 aliphatic carbocycles. The smallest absolute Gasteiger partial charge is 0.277 e. The number of rotatable bonds is 6. The summed E-state index contributed by atoms with van der Waals surface area (Å²) in [7, 11) is 0. The summed E-state index contributed by atoms with van der Waals surface area (Å²) < 4.78 is 11.0. The number of carbonyl (C=O) groups is 1. The molecule has 1 amide bonds. The van der Waals surface area contributed by atoms with Crippen molar-refractivity contribution in [2.24, 2.45) is 5.10 Å². The van der Waals surface area contributed by atoms with Crippen LogP contribution in [0.2, 0.25) is 0 Å². The molecule has 0 aromatic carbocycles. The third kappa shape index (κ3) is 3.73. The van der Waals surface area contributed by atoms with E-state index in [1.165, 1.54) is 11.8 Å². The van der Waals surface area contributed by atoms with E-state index in [1.807, 2.05) is 41.9 Å². The largest absolute Gasteiger partial charge is 0.469 e. The predicted molar refractivity (Wildman–Crippen MR) is 117 cm³/mol. The molecular weight excluding hydrogens is 440 g/mol. The Labute approximate surface area is 184 Å². The summed E-state index contributed by atoms with van der Waals surface area (Å²) in [5, 5.41) is 18.7. The first-order valence-electron chi connectivity index (χ1n) is 9.16. The summed E-state index contributed by atoms with van der Waals surface area (Å²) in [5.41, 5.74) is 1.69. The SMILES string of the molecule is Cc1occc1-c1nnc(SCC(=O)N2N=C(c3cccs3)CC2c2cccs2)o1. The topological polar surface area (TPSA) is 84.7 Å². The maximum Gasteiger partial charge on any atom is 0.277 e. The molecular formula is C20H16N4O3S3. The van der Waals surface area contributed by atoms with Crippen LogP contribution in [0.4, 0.5) is 0 Å². The van der Waals surface area contributed by atoms with Gasteiger partial charge in [0.25, 0.3) is 17.0 Å². The number of aryl methyl sites for hydroxylation is 1. The molecule has 0 saturated heterocycles. The quantitative estimate of drug-likeness (QED) is 0.369. The molecule has 0 bridgehead atoms. The van der Waals surface area contributed by atoms with Gasteiger partial charge in [-0.2, -0.15) is 5.10 Å². The molecule has 30 heavy (non-hydrogen) atoms. The fourth-order valence-corrected chi connectivity index (χ4v) is 5.36. The Hall–Kier alpha value is -2.69. The van der Waals surface area contributed by atoms with Crippen molar-refractivity contribution in [1.82, 2.24) is 15.2 Å². The Morgan fingerprint density at radius 3 is 2.83 bits per heavy atom. The number of amides is 1. The number of thiophene rings is 2. The lowest BCUT2D eigenvalue weighted by molar-refractivity contribution is -0.130. The third-order valence-electron chi connectivity index (χ3n) is 4.66. The second kappa shape index (κ2) is 8.21. The van der Waals surface area contributed by atoms with Crippen LogP contribution in [-0.4, -0.2) is 32.6 Å². The molecule has 4 aromatic rings. The monoisotopic (exact) mass is 456 g/mol. The lowest BCUT2D eigenvalue weighted by Crippen LogP contribution is -2.28. The van der Waals surface area contributed by atoms with Crippen molar-refractivity contribution in [3.8, 4) is 11.5 Å². The fourth-order valence-electron chi connectivity index (χ4n) is 3.21. The van der Waals surface area contributed by atoms with E-state index >= 15 is 0 Å². The molecule has 7 nitrogen and oxygen atoms in total. The molecule has 1 aliphatic rings. The van der Waals surface area contributed by atoms with E-state index in [2.05, 4.69) is 15.3 Å². The Bertz CT molecular complexity index is 1180. The summed E-state index contributed by atoms with van der Waals surface area (Å²) in [6.07, 6.45) is 2.29. The number of furan rings is 1. The average Bonchev–Trinajstić information content (AvgIpc) is 3.55. The highest BCUT2D eigenvalue weighted by Crippen LogP contribution is 2.36. The van der Waals surface area contributed by atoms with Gasteiger partial charge in [0.1, 0.15) is 5.76 Å². The second-order valence-corrected chi connectivity index (χ2v) is 9.40. The summed E-state index contributed by atoms with van der Waals surface area (Å²) in [4.78, 5) is 15.2. The van der Waals surface area contributed by atoms with Gasteiger partial charge in [-0.1, -0.05) is 23.9 Å². The minimum atomic E-state index is -0.0933. The zero-order chi connectivity index (χ0) is 20.5. The molecule has 5 rings (SSSR count). The standard InChI is InChI=1S/C20H16N4O3S3/c1-12-13(6-7-26-12)19-21-22-20(27-19)30-11-18(25)24-15(17-5-3-9-29-17)10-14(23-24)16-4-2-8-28-16/h2-9,15H,10-11H2,1H3. The minimum absolute atomic E-state index is 0.0815. The van der Waals surface area contributed by atoms with Crippen LogP contribution in [0, 0.1) is 6.92 Å². The highest BCUT2D eigenvalue weighted by molar-refractivity contribution is 7.99. The number of hydrazone groups is 1. The van der Waals surface area contributed by atoms with Crippen LogP contribution >= 0.6 is 34.4 Å². The molecule has 0 fully saturated rings. The molecule has 0 N–H and O–H groups in total. The van der Waals surface area contributed by atoms with Crippen LogP contribution in [0.5, 0.6) is 0 Å². The van der Waals surface area contributed by atoms with Crippen molar-refractivity contribution < 1.29 is 13.6 Å². The normalized spacial score (nSPS) is 16.2. The number of hydrogen-bond donors (Lipinski definition) is 0. The molecule has 1 atom stereocenters. The summed E-state index contributed by atoms with van der Waals surface area (Å²) in [6.45, 7) is 1.83. The Balaban J connectivity index is 1.31. The molecule has 4 aromatic heterocycles. The summed E-state index contributed by atoms with van der Waals surface area (Å²) in [6, 6.07) is 9.78. The van der Waals surface area contributed by atoms with Crippen molar-refractivity contribution in [2.45, 2.75) is 24.6 Å². The van der Waals surface area contributed by atoms with Crippen LogP contribution in [0.15, 0.2) is 66.5 Å². The number of nitrogens with zero attached hydrogens (tertiary/aromatic N) is 4. The van der Waals surface area contributed by atoms with Crippen LogP contribution < -0.4 is 0 Å². The summed E-state index contributed by atoms with van der Waals surface area (Å²) >= 11 is 4.48. The van der Waals surface area contributed by atoms with E-state index in [0.717, 1.165) is 21.0 Å². The molecule has 0 spiro atoms. The van der Waals surface area contributed by atoms with E-state index in [9.17, 15) is 4.79 Å². The van der Waals surface area contributed by atoms with Crippen LogP contribution in [-0.2, 0) is 4.79 Å². The molecule has 0 saturated carbocycles. The molecule has 152 valence electrons. The number of hydrogen-bond acceptors (Lipinski definition) is 9. The minimum Gasteiger partial charge on any atom is -0.469 e. The Kier molecular flexibility index (Phi) is 5.28. The Morgan fingerprint density at radius 1 is 1.23 bits per heavy atom. The highest BCUT2D eigenvalue weighted by Gasteiger charge is 2.34. The van der Waals surface area contributed by atoms with Gasteiger partial charge in [0.15, 0.2) is 0 Å².